The van der Waals surface area contributed by atoms with Crippen LogP contribution in [0.3, 0.4) is 0 Å². The van der Waals surface area contributed by atoms with Gasteiger partial charge in [0.25, 0.3) is 0 Å². The number of aliphatic carboxylic acids is 1. The van der Waals surface area contributed by atoms with E-state index in [1.165, 1.54) is 11.9 Å². The third-order valence-corrected chi connectivity index (χ3v) is 4.18. The first-order valence-corrected chi connectivity index (χ1v) is 8.27. The molecule has 20 heavy (non-hydrogen) atoms. The van der Waals surface area contributed by atoms with Crippen molar-refractivity contribution in [3.63, 3.8) is 0 Å². The standard InChI is InChI=1S/C11H20N2O6S/c1-13(9-7-19-6-8(9)10(14)15)11(16)12-4-3-5-20(2,17)18/h8-9H,3-7H2,1-2H3,(H,12,16)(H,14,15). The smallest absolute Gasteiger partial charge is 0.317 e. The minimum absolute atomic E-state index is 0.00127. The maximum Gasteiger partial charge on any atom is 0.317 e. The highest BCUT2D eigenvalue weighted by Gasteiger charge is 2.38. The predicted octanol–water partition coefficient (Wildman–Crippen LogP) is -0.838. The molecule has 1 aliphatic rings. The topological polar surface area (TPSA) is 113 Å². The van der Waals surface area contributed by atoms with Crippen LogP contribution in [0.4, 0.5) is 4.79 Å². The van der Waals surface area contributed by atoms with Gasteiger partial charge < -0.3 is 20.1 Å². The minimum Gasteiger partial charge on any atom is -0.481 e. The summed E-state index contributed by atoms with van der Waals surface area (Å²) in [5.41, 5.74) is 0. The van der Waals surface area contributed by atoms with Gasteiger partial charge in [-0.3, -0.25) is 4.79 Å². The van der Waals surface area contributed by atoms with Gasteiger partial charge in [-0.1, -0.05) is 0 Å². The van der Waals surface area contributed by atoms with Crippen molar-refractivity contribution in [2.24, 2.45) is 5.92 Å². The summed E-state index contributed by atoms with van der Waals surface area (Å²) in [6.07, 6.45) is 1.45. The molecule has 0 aromatic heterocycles. The number of carbonyl (C=O) groups is 2. The maximum absolute atomic E-state index is 11.8. The number of rotatable bonds is 6. The van der Waals surface area contributed by atoms with Crippen LogP contribution in [0.5, 0.6) is 0 Å². The number of ether oxygens (including phenoxy) is 1. The van der Waals surface area contributed by atoms with Gasteiger partial charge in [-0.15, -0.1) is 0 Å². The van der Waals surface area contributed by atoms with Crippen molar-refractivity contribution >= 4 is 21.8 Å². The Bertz CT molecular complexity index is 464. The van der Waals surface area contributed by atoms with Gasteiger partial charge in [0.2, 0.25) is 0 Å². The fraction of sp³-hybridized carbons (Fsp3) is 0.818. The fourth-order valence-electron chi connectivity index (χ4n) is 1.97. The van der Waals surface area contributed by atoms with Crippen LogP contribution in [0.15, 0.2) is 0 Å². The largest absolute Gasteiger partial charge is 0.481 e. The Kier molecular flexibility index (Phi) is 5.75. The second-order valence-electron chi connectivity index (χ2n) is 4.88. The van der Waals surface area contributed by atoms with E-state index in [9.17, 15) is 18.0 Å². The van der Waals surface area contributed by atoms with E-state index in [-0.39, 0.29) is 25.5 Å². The van der Waals surface area contributed by atoms with Crippen LogP contribution in [0.1, 0.15) is 6.42 Å². The molecule has 0 aliphatic carbocycles. The number of hydrogen-bond acceptors (Lipinski definition) is 5. The zero-order chi connectivity index (χ0) is 15.3. The van der Waals surface area contributed by atoms with Gasteiger partial charge in [0, 0.05) is 19.8 Å². The molecule has 0 aromatic rings. The first kappa shape index (κ1) is 16.7. The number of nitrogens with zero attached hydrogens (tertiary/aromatic N) is 1. The summed E-state index contributed by atoms with van der Waals surface area (Å²) < 4.78 is 27.0. The normalized spacial score (nSPS) is 22.5. The van der Waals surface area contributed by atoms with Crippen LogP contribution in [-0.4, -0.2) is 75.3 Å². The van der Waals surface area contributed by atoms with E-state index in [1.807, 2.05) is 0 Å². The zero-order valence-electron chi connectivity index (χ0n) is 11.5. The van der Waals surface area contributed by atoms with E-state index < -0.39 is 33.8 Å². The summed E-state index contributed by atoms with van der Waals surface area (Å²) in [5.74, 6) is -1.73. The first-order chi connectivity index (χ1) is 9.22. The lowest BCUT2D eigenvalue weighted by atomic mass is 10.0. The SMILES string of the molecule is CN(C(=O)NCCCS(C)(=O)=O)C1COCC1C(=O)O. The third kappa shape index (κ3) is 4.97. The number of carboxylic acid groups (broad SMARTS) is 1. The van der Waals surface area contributed by atoms with Crippen molar-refractivity contribution < 1.29 is 27.9 Å². The molecule has 0 spiro atoms. The van der Waals surface area contributed by atoms with Crippen LogP contribution < -0.4 is 5.32 Å². The first-order valence-electron chi connectivity index (χ1n) is 6.21. The van der Waals surface area contributed by atoms with Gasteiger partial charge in [-0.25, -0.2) is 13.2 Å². The molecule has 1 fully saturated rings. The number of amides is 2. The molecule has 9 heteroatoms. The lowest BCUT2D eigenvalue weighted by Gasteiger charge is -2.26. The summed E-state index contributed by atoms with van der Waals surface area (Å²) in [7, 11) is -1.54. The molecule has 1 rings (SSSR count). The number of likely N-dealkylation sites (N-methyl/N-ethyl adjacent to an activating group) is 1. The average Bonchev–Trinajstić information content (AvgIpc) is 2.81. The van der Waals surface area contributed by atoms with Crippen LogP contribution in [0.25, 0.3) is 0 Å². The summed E-state index contributed by atoms with van der Waals surface area (Å²) in [6, 6.07) is -0.942. The molecule has 0 aromatic carbocycles. The van der Waals surface area contributed by atoms with E-state index in [2.05, 4.69) is 5.32 Å². The van der Waals surface area contributed by atoms with E-state index >= 15 is 0 Å². The Labute approximate surface area is 118 Å². The van der Waals surface area contributed by atoms with Gasteiger partial charge in [0.15, 0.2) is 0 Å². The highest BCUT2D eigenvalue weighted by Crippen LogP contribution is 2.18. The number of carbonyl (C=O) groups excluding carboxylic acids is 1. The van der Waals surface area contributed by atoms with Crippen LogP contribution >= 0.6 is 0 Å². The van der Waals surface area contributed by atoms with E-state index in [0.717, 1.165) is 6.26 Å². The molecule has 1 aliphatic heterocycles. The van der Waals surface area contributed by atoms with Gasteiger partial charge >= 0.3 is 12.0 Å². The van der Waals surface area contributed by atoms with Gasteiger partial charge in [0.1, 0.15) is 15.8 Å². The van der Waals surface area contributed by atoms with Crippen LogP contribution in [0, 0.1) is 5.92 Å². The predicted molar refractivity (Wildman–Crippen MR) is 71.2 cm³/mol. The number of hydrogen-bond donors (Lipinski definition) is 2. The van der Waals surface area contributed by atoms with E-state index in [1.54, 1.807) is 0 Å². The van der Waals surface area contributed by atoms with Gasteiger partial charge in [-0.2, -0.15) is 0 Å². The number of urea groups is 1. The van der Waals surface area contributed by atoms with Crippen molar-refractivity contribution in [2.75, 3.05) is 38.8 Å². The maximum atomic E-state index is 11.8. The Balaban J connectivity index is 2.41. The van der Waals surface area contributed by atoms with Crippen molar-refractivity contribution in [2.45, 2.75) is 12.5 Å². The van der Waals surface area contributed by atoms with Crippen molar-refractivity contribution in [3.05, 3.63) is 0 Å². The molecule has 0 saturated carbocycles. The van der Waals surface area contributed by atoms with Crippen molar-refractivity contribution in [1.82, 2.24) is 10.2 Å². The molecule has 2 atom stereocenters. The Morgan fingerprint density at radius 3 is 2.60 bits per heavy atom. The molecule has 0 radical (unpaired) electrons. The summed E-state index contributed by atoms with van der Waals surface area (Å²) in [4.78, 5) is 24.1. The highest BCUT2D eigenvalue weighted by molar-refractivity contribution is 7.90. The number of carboxylic acids is 1. The molecular formula is C11H20N2O6S. The summed E-state index contributed by atoms with van der Waals surface area (Å²) in [6.45, 7) is 0.498. The molecule has 8 nitrogen and oxygen atoms in total. The second-order valence-corrected chi connectivity index (χ2v) is 7.14. The van der Waals surface area contributed by atoms with Crippen molar-refractivity contribution in [1.29, 1.82) is 0 Å². The van der Waals surface area contributed by atoms with Crippen LogP contribution in [-0.2, 0) is 19.4 Å². The molecule has 0 bridgehead atoms. The molecule has 1 saturated heterocycles. The van der Waals surface area contributed by atoms with E-state index in [0.29, 0.717) is 6.42 Å². The van der Waals surface area contributed by atoms with Gasteiger partial charge in [-0.05, 0) is 6.42 Å². The molecular weight excluding hydrogens is 288 g/mol. The van der Waals surface area contributed by atoms with Crippen LogP contribution in [0.2, 0.25) is 0 Å². The number of sulfone groups is 1. The average molecular weight is 308 g/mol. The second kappa shape index (κ2) is 6.89. The Hall–Kier alpha value is -1.35. The molecule has 2 unspecified atom stereocenters. The molecule has 2 N–H and O–H groups in total. The summed E-state index contributed by atoms with van der Waals surface area (Å²) in [5, 5.41) is 11.6. The summed E-state index contributed by atoms with van der Waals surface area (Å²) >= 11 is 0. The molecule has 116 valence electrons. The molecule has 2 amide bonds. The zero-order valence-corrected chi connectivity index (χ0v) is 12.4. The lowest BCUT2D eigenvalue weighted by molar-refractivity contribution is -0.142. The quantitative estimate of drug-likeness (QED) is 0.619. The van der Waals surface area contributed by atoms with Gasteiger partial charge in [0.05, 0.1) is 25.0 Å². The van der Waals surface area contributed by atoms with E-state index in [4.69, 9.17) is 9.84 Å². The Morgan fingerprint density at radius 2 is 2.05 bits per heavy atom. The van der Waals surface area contributed by atoms with Crippen molar-refractivity contribution in [3.8, 4) is 0 Å². The minimum atomic E-state index is -3.04. The fourth-order valence-corrected chi connectivity index (χ4v) is 2.63. The number of nitrogens with one attached hydrogen (secondary N) is 1. The molecule has 1 heterocycles. The third-order valence-electron chi connectivity index (χ3n) is 3.15. The monoisotopic (exact) mass is 308 g/mol. The highest BCUT2D eigenvalue weighted by atomic mass is 32.2. The Morgan fingerprint density at radius 1 is 1.40 bits per heavy atom. The lowest BCUT2D eigenvalue weighted by Crippen LogP contribution is -2.48.